The van der Waals surface area contributed by atoms with Crippen molar-refractivity contribution in [1.82, 2.24) is 9.97 Å². The Kier molecular flexibility index (Phi) is 5.60. The van der Waals surface area contributed by atoms with E-state index in [-0.39, 0.29) is 18.6 Å². The number of aromatic nitrogens is 2. The SMILES string of the molecule is N#CC1CCCC[C@@H]1Nc1nc(Nc2cc(Cl)c3c(c2)COB3O)ncc1Cl. The van der Waals surface area contributed by atoms with Crippen LogP contribution in [-0.4, -0.2) is 28.2 Å². The van der Waals surface area contributed by atoms with E-state index in [4.69, 9.17) is 27.9 Å². The number of benzene rings is 1. The summed E-state index contributed by atoms with van der Waals surface area (Å²) in [5.41, 5.74) is 2.09. The predicted octanol–water partition coefficient (Wildman–Crippen LogP) is 3.24. The average Bonchev–Trinajstić information content (AvgIpc) is 3.06. The summed E-state index contributed by atoms with van der Waals surface area (Å²) < 4.78 is 5.21. The van der Waals surface area contributed by atoms with Gasteiger partial charge in [-0.15, -0.1) is 0 Å². The van der Waals surface area contributed by atoms with E-state index in [9.17, 15) is 10.3 Å². The van der Waals surface area contributed by atoms with Crippen molar-refractivity contribution in [1.29, 1.82) is 5.26 Å². The maximum atomic E-state index is 9.81. The molecule has 0 amide bonds. The van der Waals surface area contributed by atoms with Crippen molar-refractivity contribution in [2.75, 3.05) is 10.6 Å². The molecular formula is C18H18BCl2N5O2. The Morgan fingerprint density at radius 3 is 2.89 bits per heavy atom. The van der Waals surface area contributed by atoms with Gasteiger partial charge in [-0.25, -0.2) is 4.98 Å². The molecule has 28 heavy (non-hydrogen) atoms. The maximum absolute atomic E-state index is 9.81. The highest BCUT2D eigenvalue weighted by Crippen LogP contribution is 2.30. The summed E-state index contributed by atoms with van der Waals surface area (Å²) in [6, 6.07) is 5.92. The summed E-state index contributed by atoms with van der Waals surface area (Å²) in [4.78, 5) is 8.69. The number of nitrogens with one attached hydrogen (secondary N) is 2. The number of fused-ring (bicyclic) bond motifs is 1. The molecule has 1 saturated carbocycles. The molecule has 2 atom stereocenters. The largest absolute Gasteiger partial charge is 0.493 e. The number of nitriles is 1. The third kappa shape index (κ3) is 3.89. The number of rotatable bonds is 4. The third-order valence-electron chi connectivity index (χ3n) is 5.11. The van der Waals surface area contributed by atoms with Crippen molar-refractivity contribution in [2.45, 2.75) is 38.3 Å². The van der Waals surface area contributed by atoms with Crippen LogP contribution in [0.2, 0.25) is 10.0 Å². The van der Waals surface area contributed by atoms with Crippen LogP contribution in [0, 0.1) is 17.2 Å². The minimum atomic E-state index is -0.997. The average molecular weight is 418 g/mol. The fraction of sp³-hybridized carbons (Fsp3) is 0.389. The Labute approximate surface area is 173 Å². The molecule has 1 aromatic heterocycles. The topological polar surface area (TPSA) is 103 Å². The standard InChI is InChI=1S/C18H18BCl2N5O2/c20-13-6-12(5-11-9-28-19(27)16(11)13)24-18-23-8-14(21)17(26-18)25-15-4-2-1-3-10(15)7-22/h5-6,8,10,15,27H,1-4,9H2,(H2,23,24,25,26)/t10?,15-/m0/s1. The van der Waals surface area contributed by atoms with Gasteiger partial charge in [0.05, 0.1) is 24.8 Å². The van der Waals surface area contributed by atoms with Gasteiger partial charge in [0.1, 0.15) is 5.02 Å². The smallest absolute Gasteiger partial charge is 0.423 e. The monoisotopic (exact) mass is 417 g/mol. The zero-order valence-corrected chi connectivity index (χ0v) is 16.5. The van der Waals surface area contributed by atoms with Gasteiger partial charge in [-0.2, -0.15) is 10.2 Å². The number of nitrogens with zero attached hydrogens (tertiary/aromatic N) is 3. The first-order valence-corrected chi connectivity index (χ1v) is 9.88. The fourth-order valence-electron chi connectivity index (χ4n) is 3.69. The van der Waals surface area contributed by atoms with Crippen LogP contribution in [0.15, 0.2) is 18.3 Å². The molecule has 0 radical (unpaired) electrons. The molecule has 2 aliphatic rings. The van der Waals surface area contributed by atoms with Gasteiger partial charge in [0.15, 0.2) is 5.82 Å². The van der Waals surface area contributed by atoms with E-state index in [1.54, 1.807) is 6.07 Å². The normalized spacial score (nSPS) is 21.1. The van der Waals surface area contributed by atoms with Crippen LogP contribution in [-0.2, 0) is 11.3 Å². The van der Waals surface area contributed by atoms with E-state index in [0.29, 0.717) is 33.0 Å². The van der Waals surface area contributed by atoms with Crippen molar-refractivity contribution in [3.63, 3.8) is 0 Å². The lowest BCUT2D eigenvalue weighted by Crippen LogP contribution is -2.31. The Morgan fingerprint density at radius 1 is 1.25 bits per heavy atom. The van der Waals surface area contributed by atoms with Crippen molar-refractivity contribution >= 4 is 53.2 Å². The number of hydrogen-bond acceptors (Lipinski definition) is 7. The molecule has 2 aromatic rings. The molecule has 1 aromatic carbocycles. The molecule has 1 fully saturated rings. The van der Waals surface area contributed by atoms with Crippen LogP contribution in [0.1, 0.15) is 31.2 Å². The summed E-state index contributed by atoms with van der Waals surface area (Å²) in [5.74, 6) is 0.794. The molecule has 144 valence electrons. The van der Waals surface area contributed by atoms with Crippen LogP contribution in [0.25, 0.3) is 0 Å². The van der Waals surface area contributed by atoms with Gasteiger partial charge in [0.2, 0.25) is 5.95 Å². The Hall–Kier alpha value is -2.05. The quantitative estimate of drug-likeness (QED) is 0.656. The lowest BCUT2D eigenvalue weighted by Gasteiger charge is -2.28. The van der Waals surface area contributed by atoms with E-state index in [0.717, 1.165) is 31.2 Å². The molecule has 1 unspecified atom stereocenters. The van der Waals surface area contributed by atoms with Gasteiger partial charge in [0, 0.05) is 22.2 Å². The first kappa shape index (κ1) is 19.3. The molecule has 0 saturated heterocycles. The van der Waals surface area contributed by atoms with Crippen molar-refractivity contribution < 1.29 is 9.68 Å². The molecule has 1 aliphatic heterocycles. The van der Waals surface area contributed by atoms with E-state index < -0.39 is 7.12 Å². The second-order valence-corrected chi connectivity index (χ2v) is 7.79. The Bertz CT molecular complexity index is 939. The molecule has 1 aliphatic carbocycles. The summed E-state index contributed by atoms with van der Waals surface area (Å²) in [6.07, 6.45) is 5.45. The third-order valence-corrected chi connectivity index (χ3v) is 5.70. The lowest BCUT2D eigenvalue weighted by molar-refractivity contribution is 0.275. The van der Waals surface area contributed by atoms with Gasteiger partial charge in [-0.3, -0.25) is 0 Å². The molecule has 10 heteroatoms. The molecule has 2 heterocycles. The second-order valence-electron chi connectivity index (χ2n) is 6.98. The predicted molar refractivity (Wildman–Crippen MR) is 109 cm³/mol. The lowest BCUT2D eigenvalue weighted by atomic mass is 9.79. The fourth-order valence-corrected chi connectivity index (χ4v) is 4.16. The summed E-state index contributed by atoms with van der Waals surface area (Å²) in [6.45, 7) is 0.289. The zero-order chi connectivity index (χ0) is 19.7. The van der Waals surface area contributed by atoms with Gasteiger partial charge in [0.25, 0.3) is 0 Å². The zero-order valence-electron chi connectivity index (χ0n) is 15.0. The highest BCUT2D eigenvalue weighted by atomic mass is 35.5. The van der Waals surface area contributed by atoms with E-state index >= 15 is 0 Å². The van der Waals surface area contributed by atoms with Gasteiger partial charge < -0.3 is 20.3 Å². The minimum Gasteiger partial charge on any atom is -0.423 e. The van der Waals surface area contributed by atoms with E-state index in [1.807, 2.05) is 6.07 Å². The Balaban J connectivity index is 1.55. The van der Waals surface area contributed by atoms with Crippen LogP contribution >= 0.6 is 23.2 Å². The highest BCUT2D eigenvalue weighted by molar-refractivity contribution is 6.65. The number of hydrogen-bond donors (Lipinski definition) is 3. The van der Waals surface area contributed by atoms with Crippen molar-refractivity contribution in [3.8, 4) is 6.07 Å². The van der Waals surface area contributed by atoms with Crippen LogP contribution in [0.3, 0.4) is 0 Å². The van der Waals surface area contributed by atoms with E-state index in [2.05, 4.69) is 26.7 Å². The second kappa shape index (κ2) is 8.14. The van der Waals surface area contributed by atoms with Crippen LogP contribution in [0.5, 0.6) is 0 Å². The Morgan fingerprint density at radius 2 is 2.07 bits per heavy atom. The molecule has 0 bridgehead atoms. The van der Waals surface area contributed by atoms with Crippen LogP contribution < -0.4 is 16.1 Å². The van der Waals surface area contributed by atoms with E-state index in [1.165, 1.54) is 6.20 Å². The van der Waals surface area contributed by atoms with Gasteiger partial charge >= 0.3 is 7.12 Å². The minimum absolute atomic E-state index is 0.0204. The van der Waals surface area contributed by atoms with Crippen molar-refractivity contribution in [2.24, 2.45) is 5.92 Å². The number of anilines is 3. The number of halogens is 2. The summed E-state index contributed by atoms with van der Waals surface area (Å²) in [7, 11) is -0.997. The van der Waals surface area contributed by atoms with Crippen molar-refractivity contribution in [3.05, 3.63) is 33.9 Å². The van der Waals surface area contributed by atoms with Crippen LogP contribution in [0.4, 0.5) is 17.5 Å². The molecular weight excluding hydrogens is 400 g/mol. The molecule has 4 rings (SSSR count). The van der Waals surface area contributed by atoms with Gasteiger partial charge in [-0.1, -0.05) is 36.0 Å². The first-order chi connectivity index (χ1) is 13.5. The highest BCUT2D eigenvalue weighted by Gasteiger charge is 2.30. The molecule has 7 nitrogen and oxygen atoms in total. The maximum Gasteiger partial charge on any atom is 0.493 e. The van der Waals surface area contributed by atoms with Gasteiger partial charge in [-0.05, 0) is 30.5 Å². The molecule has 0 spiro atoms. The summed E-state index contributed by atoms with van der Waals surface area (Å²) >= 11 is 12.5. The summed E-state index contributed by atoms with van der Waals surface area (Å²) in [5, 5.41) is 26.4. The molecule has 3 N–H and O–H groups in total. The first-order valence-electron chi connectivity index (χ1n) is 9.13.